The molecule has 1 aromatic heterocycles. The van der Waals surface area contributed by atoms with Crippen molar-refractivity contribution in [2.45, 2.75) is 38.1 Å². The van der Waals surface area contributed by atoms with Crippen LogP contribution < -0.4 is 5.32 Å². The van der Waals surface area contributed by atoms with Crippen LogP contribution in [0.2, 0.25) is 0 Å². The van der Waals surface area contributed by atoms with Crippen LogP contribution in [-0.2, 0) is 0 Å². The van der Waals surface area contributed by atoms with Gasteiger partial charge in [0.2, 0.25) is 0 Å². The number of halogens is 1. The first kappa shape index (κ1) is 15.1. The zero-order valence-corrected chi connectivity index (χ0v) is 13.5. The highest BCUT2D eigenvalue weighted by atomic mass is 19.1. The molecule has 0 bridgehead atoms. The molecular formula is C20H20FN3. The number of benzene rings is 2. The minimum atomic E-state index is -0.250. The maximum absolute atomic E-state index is 13.2. The Kier molecular flexibility index (Phi) is 4.11. The largest absolute Gasteiger partial charge is 0.367 e. The molecule has 0 aliphatic heterocycles. The van der Waals surface area contributed by atoms with Gasteiger partial charge in [-0.05, 0) is 49.2 Å². The molecule has 4 heteroatoms. The Morgan fingerprint density at radius 3 is 2.42 bits per heavy atom. The van der Waals surface area contributed by atoms with Gasteiger partial charge in [-0.1, -0.05) is 31.4 Å². The lowest BCUT2D eigenvalue weighted by atomic mass is 9.95. The summed E-state index contributed by atoms with van der Waals surface area (Å²) >= 11 is 0. The van der Waals surface area contributed by atoms with Gasteiger partial charge in [-0.3, -0.25) is 0 Å². The van der Waals surface area contributed by atoms with Gasteiger partial charge in [0.05, 0.1) is 5.52 Å². The molecule has 1 fully saturated rings. The van der Waals surface area contributed by atoms with Gasteiger partial charge >= 0.3 is 0 Å². The third kappa shape index (κ3) is 3.09. The number of anilines is 1. The Morgan fingerprint density at radius 2 is 1.62 bits per heavy atom. The maximum atomic E-state index is 13.2. The molecule has 3 nitrogen and oxygen atoms in total. The molecule has 0 spiro atoms. The molecule has 0 atom stereocenters. The smallest absolute Gasteiger partial charge is 0.162 e. The van der Waals surface area contributed by atoms with Crippen molar-refractivity contribution in [2.24, 2.45) is 0 Å². The van der Waals surface area contributed by atoms with Crippen molar-refractivity contribution in [1.82, 2.24) is 9.97 Å². The number of rotatable bonds is 3. The van der Waals surface area contributed by atoms with Crippen LogP contribution in [0.3, 0.4) is 0 Å². The lowest BCUT2D eigenvalue weighted by Gasteiger charge is -2.24. The molecule has 1 aliphatic carbocycles. The quantitative estimate of drug-likeness (QED) is 0.722. The number of aromatic nitrogens is 2. The fourth-order valence-electron chi connectivity index (χ4n) is 3.35. The predicted octanol–water partition coefficient (Wildman–Crippen LogP) is 5.18. The second-order valence-electron chi connectivity index (χ2n) is 6.40. The SMILES string of the molecule is Fc1ccc(-c2nc(NC3CCCCC3)c3ccccc3n2)cc1. The molecule has 4 rings (SSSR count). The molecule has 24 heavy (non-hydrogen) atoms. The fourth-order valence-corrected chi connectivity index (χ4v) is 3.35. The number of hydrogen-bond acceptors (Lipinski definition) is 3. The summed E-state index contributed by atoms with van der Waals surface area (Å²) in [5.74, 6) is 1.26. The van der Waals surface area contributed by atoms with Gasteiger partial charge in [0.1, 0.15) is 11.6 Å². The van der Waals surface area contributed by atoms with E-state index in [0.29, 0.717) is 11.9 Å². The van der Waals surface area contributed by atoms with E-state index in [9.17, 15) is 4.39 Å². The Labute approximate surface area is 141 Å². The van der Waals surface area contributed by atoms with Crippen molar-refractivity contribution in [1.29, 1.82) is 0 Å². The Hall–Kier alpha value is -2.49. The third-order valence-corrected chi connectivity index (χ3v) is 4.65. The van der Waals surface area contributed by atoms with E-state index >= 15 is 0 Å². The van der Waals surface area contributed by atoms with Crippen LogP contribution in [0.15, 0.2) is 48.5 Å². The van der Waals surface area contributed by atoms with Gasteiger partial charge in [-0.15, -0.1) is 0 Å². The molecule has 2 aromatic carbocycles. The van der Waals surface area contributed by atoms with Crippen molar-refractivity contribution in [3.8, 4) is 11.4 Å². The molecule has 1 N–H and O–H groups in total. The van der Waals surface area contributed by atoms with Gasteiger partial charge in [0.25, 0.3) is 0 Å². The molecule has 0 saturated heterocycles. The zero-order chi connectivity index (χ0) is 16.4. The summed E-state index contributed by atoms with van der Waals surface area (Å²) in [6, 6.07) is 14.9. The number of nitrogens with one attached hydrogen (secondary N) is 1. The van der Waals surface area contributed by atoms with E-state index in [2.05, 4.69) is 16.4 Å². The monoisotopic (exact) mass is 321 g/mol. The summed E-state index contributed by atoms with van der Waals surface area (Å²) in [4.78, 5) is 9.41. The number of fused-ring (bicyclic) bond motifs is 1. The van der Waals surface area contributed by atoms with Gasteiger partial charge in [0, 0.05) is 17.0 Å². The van der Waals surface area contributed by atoms with Gasteiger partial charge in [-0.2, -0.15) is 0 Å². The third-order valence-electron chi connectivity index (χ3n) is 4.65. The summed E-state index contributed by atoms with van der Waals surface area (Å²) < 4.78 is 13.2. The first-order valence-electron chi connectivity index (χ1n) is 8.59. The van der Waals surface area contributed by atoms with Crippen LogP contribution in [0, 0.1) is 5.82 Å². The molecule has 0 unspecified atom stereocenters. The maximum Gasteiger partial charge on any atom is 0.162 e. The van der Waals surface area contributed by atoms with Crippen molar-refractivity contribution < 1.29 is 4.39 Å². The Bertz CT molecular complexity index is 839. The summed E-state index contributed by atoms with van der Waals surface area (Å²) in [7, 11) is 0. The van der Waals surface area contributed by atoms with Crippen LogP contribution in [0.5, 0.6) is 0 Å². The second kappa shape index (κ2) is 6.56. The first-order chi connectivity index (χ1) is 11.8. The molecular weight excluding hydrogens is 301 g/mol. The average Bonchev–Trinajstić information content (AvgIpc) is 2.63. The minimum Gasteiger partial charge on any atom is -0.367 e. The first-order valence-corrected chi connectivity index (χ1v) is 8.59. The van der Waals surface area contributed by atoms with Gasteiger partial charge < -0.3 is 5.32 Å². The van der Waals surface area contributed by atoms with Gasteiger partial charge in [0.15, 0.2) is 5.82 Å². The lowest BCUT2D eigenvalue weighted by Crippen LogP contribution is -2.23. The van der Waals surface area contributed by atoms with Crippen LogP contribution in [0.25, 0.3) is 22.3 Å². The highest BCUT2D eigenvalue weighted by Crippen LogP contribution is 2.28. The molecule has 1 saturated carbocycles. The summed E-state index contributed by atoms with van der Waals surface area (Å²) in [5.41, 5.74) is 1.74. The van der Waals surface area contributed by atoms with Crippen molar-refractivity contribution in [3.05, 3.63) is 54.3 Å². The van der Waals surface area contributed by atoms with Crippen LogP contribution in [-0.4, -0.2) is 16.0 Å². The van der Waals surface area contributed by atoms with Crippen molar-refractivity contribution in [3.63, 3.8) is 0 Å². The van der Waals surface area contributed by atoms with Crippen molar-refractivity contribution in [2.75, 3.05) is 5.32 Å². The number of nitrogens with zero attached hydrogens (tertiary/aromatic N) is 2. The standard InChI is InChI=1S/C20H20FN3/c21-15-12-10-14(11-13-15)19-23-18-9-5-4-8-17(18)20(24-19)22-16-6-2-1-3-7-16/h4-5,8-13,16H,1-3,6-7H2,(H,22,23,24). The highest BCUT2D eigenvalue weighted by molar-refractivity contribution is 5.90. The molecule has 122 valence electrons. The van der Waals surface area contributed by atoms with E-state index in [1.807, 2.05) is 18.2 Å². The fraction of sp³-hybridized carbons (Fsp3) is 0.300. The average molecular weight is 321 g/mol. The van der Waals surface area contributed by atoms with E-state index in [0.717, 1.165) is 22.3 Å². The van der Waals surface area contributed by atoms with Crippen LogP contribution in [0.4, 0.5) is 10.2 Å². The molecule has 0 amide bonds. The lowest BCUT2D eigenvalue weighted by molar-refractivity contribution is 0.462. The minimum absolute atomic E-state index is 0.250. The summed E-state index contributed by atoms with van der Waals surface area (Å²) in [6.45, 7) is 0. The molecule has 3 aromatic rings. The van der Waals surface area contributed by atoms with E-state index in [-0.39, 0.29) is 5.82 Å². The van der Waals surface area contributed by atoms with Crippen LogP contribution >= 0.6 is 0 Å². The van der Waals surface area contributed by atoms with E-state index in [4.69, 9.17) is 4.98 Å². The van der Waals surface area contributed by atoms with E-state index in [1.165, 1.54) is 44.2 Å². The van der Waals surface area contributed by atoms with Gasteiger partial charge in [-0.25, -0.2) is 14.4 Å². The second-order valence-corrected chi connectivity index (χ2v) is 6.40. The highest BCUT2D eigenvalue weighted by Gasteiger charge is 2.16. The normalized spacial score (nSPS) is 15.5. The van der Waals surface area contributed by atoms with E-state index < -0.39 is 0 Å². The molecule has 0 radical (unpaired) electrons. The number of hydrogen-bond donors (Lipinski definition) is 1. The number of para-hydroxylation sites is 1. The molecule has 1 heterocycles. The van der Waals surface area contributed by atoms with Crippen LogP contribution in [0.1, 0.15) is 32.1 Å². The Balaban J connectivity index is 1.76. The zero-order valence-electron chi connectivity index (χ0n) is 13.5. The summed E-state index contributed by atoms with van der Waals surface area (Å²) in [6.07, 6.45) is 6.23. The topological polar surface area (TPSA) is 37.8 Å². The van der Waals surface area contributed by atoms with E-state index in [1.54, 1.807) is 12.1 Å². The Morgan fingerprint density at radius 1 is 0.875 bits per heavy atom. The van der Waals surface area contributed by atoms with Crippen molar-refractivity contribution >= 4 is 16.7 Å². The molecule has 1 aliphatic rings. The predicted molar refractivity (Wildman–Crippen MR) is 95.4 cm³/mol. The summed E-state index contributed by atoms with van der Waals surface area (Å²) in [5, 5.41) is 4.66.